The van der Waals surface area contributed by atoms with Gasteiger partial charge in [-0.3, -0.25) is 4.79 Å². The van der Waals surface area contributed by atoms with Crippen LogP contribution < -0.4 is 5.32 Å². The summed E-state index contributed by atoms with van der Waals surface area (Å²) in [6.45, 7) is 3.53. The average molecular weight is 297 g/mol. The summed E-state index contributed by atoms with van der Waals surface area (Å²) in [6, 6.07) is 14.0. The Morgan fingerprint density at radius 3 is 2.52 bits per heavy atom. The first-order valence-electron chi connectivity index (χ1n) is 6.52. The monoisotopic (exact) mass is 297 g/mol. The molecule has 4 nitrogen and oxygen atoms in total. The van der Waals surface area contributed by atoms with Gasteiger partial charge in [0.25, 0.3) is 0 Å². The second-order valence-electron chi connectivity index (χ2n) is 5.36. The molecule has 0 fully saturated rings. The number of carbonyl (C=O) groups excluding carboxylic acids is 1. The largest absolute Gasteiger partial charge is 0.319 e. The number of hydrogen-bond acceptors (Lipinski definition) is 4. The third-order valence-corrected chi connectivity index (χ3v) is 4.63. The van der Waals surface area contributed by atoms with E-state index in [1.54, 1.807) is 13.8 Å². The van der Waals surface area contributed by atoms with Crippen LogP contribution in [0, 0.1) is 34.0 Å². The maximum Gasteiger partial charge on any atom is 0.243 e. The quantitative estimate of drug-likeness (QED) is 0.930. The Bertz CT molecular complexity index is 665. The van der Waals surface area contributed by atoms with Gasteiger partial charge in [0, 0.05) is 11.2 Å². The first-order valence-corrected chi connectivity index (χ1v) is 7.51. The zero-order valence-corrected chi connectivity index (χ0v) is 12.7. The first-order chi connectivity index (χ1) is 10.0. The minimum Gasteiger partial charge on any atom is -0.319 e. The molecule has 21 heavy (non-hydrogen) atoms. The van der Waals surface area contributed by atoms with Gasteiger partial charge >= 0.3 is 0 Å². The summed E-state index contributed by atoms with van der Waals surface area (Å²) < 4.78 is 0. The van der Waals surface area contributed by atoms with Crippen LogP contribution >= 0.6 is 11.8 Å². The number of hydrogen-bond donors (Lipinski definition) is 1. The van der Waals surface area contributed by atoms with Crippen LogP contribution in [-0.4, -0.2) is 5.91 Å². The number of thioether (sulfide) groups is 1. The number of allylic oxidation sites excluding steroid dienone is 1. The predicted molar refractivity (Wildman–Crippen MR) is 81.4 cm³/mol. The van der Waals surface area contributed by atoms with E-state index in [1.807, 2.05) is 36.4 Å². The van der Waals surface area contributed by atoms with Gasteiger partial charge in [-0.2, -0.15) is 10.5 Å². The van der Waals surface area contributed by atoms with Gasteiger partial charge in [0.2, 0.25) is 5.91 Å². The van der Waals surface area contributed by atoms with Crippen LogP contribution in [0.25, 0.3) is 0 Å². The van der Waals surface area contributed by atoms with E-state index in [-0.39, 0.29) is 5.91 Å². The van der Waals surface area contributed by atoms with Gasteiger partial charge in [0.15, 0.2) is 0 Å². The maximum atomic E-state index is 12.0. The molecular weight excluding hydrogens is 282 g/mol. The molecule has 0 bridgehead atoms. The summed E-state index contributed by atoms with van der Waals surface area (Å²) in [6.07, 6.45) is 0. The average Bonchev–Trinajstić information content (AvgIpc) is 2.45. The number of benzene rings is 1. The molecule has 1 N–H and O–H groups in total. The van der Waals surface area contributed by atoms with Crippen molar-refractivity contribution in [2.24, 2.45) is 11.3 Å². The molecule has 1 heterocycles. The molecule has 1 aliphatic heterocycles. The highest BCUT2D eigenvalue weighted by atomic mass is 32.2. The number of nitriles is 2. The lowest BCUT2D eigenvalue weighted by Gasteiger charge is -2.34. The Morgan fingerprint density at radius 1 is 1.29 bits per heavy atom. The summed E-state index contributed by atoms with van der Waals surface area (Å²) in [4.78, 5) is 12.0. The van der Waals surface area contributed by atoms with E-state index in [9.17, 15) is 10.1 Å². The van der Waals surface area contributed by atoms with Crippen LogP contribution in [0.2, 0.25) is 0 Å². The summed E-state index contributed by atoms with van der Waals surface area (Å²) in [5.41, 5.74) is 0.807. The van der Waals surface area contributed by atoms with Crippen LogP contribution in [0.4, 0.5) is 0 Å². The molecule has 0 aromatic heterocycles. The normalized spacial score (nSPS) is 20.4. The van der Waals surface area contributed by atoms with E-state index >= 15 is 0 Å². The predicted octanol–water partition coefficient (Wildman–Crippen LogP) is 2.95. The lowest BCUT2D eigenvalue weighted by atomic mass is 9.72. The van der Waals surface area contributed by atoms with Crippen molar-refractivity contribution < 1.29 is 4.79 Å². The number of nitrogens with zero attached hydrogens (tertiary/aromatic N) is 2. The van der Waals surface area contributed by atoms with Crippen molar-refractivity contribution >= 4 is 17.7 Å². The Labute approximate surface area is 128 Å². The summed E-state index contributed by atoms with van der Waals surface area (Å²) in [5, 5.41) is 21.8. The molecule has 0 aliphatic carbocycles. The highest BCUT2D eigenvalue weighted by Gasteiger charge is 2.44. The van der Waals surface area contributed by atoms with Crippen LogP contribution in [0.15, 0.2) is 40.9 Å². The topological polar surface area (TPSA) is 76.7 Å². The van der Waals surface area contributed by atoms with E-state index in [0.717, 1.165) is 5.56 Å². The number of rotatable bonds is 3. The minimum absolute atomic E-state index is 0.336. The molecule has 1 aliphatic rings. The molecule has 1 aromatic rings. The smallest absolute Gasteiger partial charge is 0.243 e. The molecule has 1 atom stereocenters. The third-order valence-electron chi connectivity index (χ3n) is 3.56. The van der Waals surface area contributed by atoms with Crippen LogP contribution in [-0.2, 0) is 10.5 Å². The molecular formula is C16H15N3OS. The molecule has 0 saturated heterocycles. The molecule has 0 spiro atoms. The van der Waals surface area contributed by atoms with Crippen molar-refractivity contribution in [2.45, 2.75) is 19.6 Å². The summed E-state index contributed by atoms with van der Waals surface area (Å²) >= 11 is 1.42. The molecule has 106 valence electrons. The van der Waals surface area contributed by atoms with E-state index in [1.165, 1.54) is 11.8 Å². The van der Waals surface area contributed by atoms with E-state index < -0.39 is 11.3 Å². The highest BCUT2D eigenvalue weighted by Crippen LogP contribution is 2.42. The van der Waals surface area contributed by atoms with Gasteiger partial charge < -0.3 is 5.32 Å². The van der Waals surface area contributed by atoms with Gasteiger partial charge in [0.1, 0.15) is 5.92 Å². The second kappa shape index (κ2) is 6.03. The van der Waals surface area contributed by atoms with E-state index in [2.05, 4.69) is 11.4 Å². The first kappa shape index (κ1) is 15.2. The molecule has 1 unspecified atom stereocenters. The van der Waals surface area contributed by atoms with Crippen molar-refractivity contribution in [3.8, 4) is 12.1 Å². The highest BCUT2D eigenvalue weighted by molar-refractivity contribution is 8.02. The standard InChI is InChI=1S/C16H15N3OS/c1-16(2)12(8-17)14(20)19-15(13(16)9-18)21-10-11-6-4-3-5-7-11/h3-7,12H,10H2,1-2H3,(H,19,20). The second-order valence-corrected chi connectivity index (χ2v) is 6.35. The molecule has 0 radical (unpaired) electrons. The van der Waals surface area contributed by atoms with E-state index in [0.29, 0.717) is 16.4 Å². The molecule has 1 amide bonds. The summed E-state index contributed by atoms with van der Waals surface area (Å²) in [5.74, 6) is -0.514. The van der Waals surface area contributed by atoms with Crippen molar-refractivity contribution in [2.75, 3.05) is 0 Å². The fourth-order valence-corrected chi connectivity index (χ4v) is 3.39. The zero-order valence-electron chi connectivity index (χ0n) is 11.9. The van der Waals surface area contributed by atoms with Crippen LogP contribution in [0.1, 0.15) is 19.4 Å². The molecule has 0 saturated carbocycles. The maximum absolute atomic E-state index is 12.0. The van der Waals surface area contributed by atoms with Crippen molar-refractivity contribution in [3.05, 3.63) is 46.5 Å². The van der Waals surface area contributed by atoms with Crippen molar-refractivity contribution in [1.29, 1.82) is 10.5 Å². The third kappa shape index (κ3) is 2.94. The lowest BCUT2D eigenvalue weighted by molar-refractivity contribution is -0.125. The van der Waals surface area contributed by atoms with Gasteiger partial charge in [-0.05, 0) is 5.56 Å². The van der Waals surface area contributed by atoms with Gasteiger partial charge in [0.05, 0.1) is 22.7 Å². The zero-order chi connectivity index (χ0) is 15.5. The van der Waals surface area contributed by atoms with Crippen molar-refractivity contribution in [1.82, 2.24) is 5.32 Å². The number of carbonyl (C=O) groups is 1. The Morgan fingerprint density at radius 2 is 1.95 bits per heavy atom. The summed E-state index contributed by atoms with van der Waals surface area (Å²) in [7, 11) is 0. The van der Waals surface area contributed by atoms with Gasteiger partial charge in [-0.1, -0.05) is 44.2 Å². The lowest BCUT2D eigenvalue weighted by Crippen LogP contribution is -2.44. The van der Waals surface area contributed by atoms with E-state index in [4.69, 9.17) is 5.26 Å². The van der Waals surface area contributed by atoms with Gasteiger partial charge in [-0.15, -0.1) is 11.8 Å². The minimum atomic E-state index is -0.840. The Kier molecular flexibility index (Phi) is 4.35. The van der Waals surface area contributed by atoms with Crippen molar-refractivity contribution in [3.63, 3.8) is 0 Å². The van der Waals surface area contributed by atoms with Gasteiger partial charge in [-0.25, -0.2) is 0 Å². The van der Waals surface area contributed by atoms with Crippen LogP contribution in [0.3, 0.4) is 0 Å². The molecule has 1 aromatic carbocycles. The molecule has 2 rings (SSSR count). The molecule has 5 heteroatoms. The Balaban J connectivity index is 2.29. The number of nitrogens with one attached hydrogen (secondary N) is 1. The fourth-order valence-electron chi connectivity index (χ4n) is 2.26. The van der Waals surface area contributed by atoms with Crippen LogP contribution in [0.5, 0.6) is 0 Å². The fraction of sp³-hybridized carbons (Fsp3) is 0.312. The Hall–Kier alpha value is -2.24. The SMILES string of the molecule is CC1(C)C(C#N)=C(SCc2ccccc2)NC(=O)C1C#N. The number of amides is 1.